The molecule has 0 saturated heterocycles. The van der Waals surface area contributed by atoms with Crippen molar-refractivity contribution in [2.45, 2.75) is 0 Å². The Balaban J connectivity index is 1.06. The summed E-state index contributed by atoms with van der Waals surface area (Å²) in [5.41, 5.74) is 9.00. The topological polar surface area (TPSA) is 51.8 Å². The highest BCUT2D eigenvalue weighted by Gasteiger charge is 2.20. The van der Waals surface area contributed by atoms with E-state index >= 15 is 0 Å². The second-order valence-corrected chi connectivity index (χ2v) is 15.1. The van der Waals surface area contributed by atoms with Gasteiger partial charge in [-0.2, -0.15) is 0 Å². The average molecular weight is 752 g/mol. The largest absolute Gasteiger partial charge is 0.455 e. The molecule has 0 fully saturated rings. The summed E-state index contributed by atoms with van der Waals surface area (Å²) in [5.74, 6) is 1.89. The third-order valence-electron chi connectivity index (χ3n) is 11.7. The van der Waals surface area contributed by atoms with Gasteiger partial charge >= 0.3 is 0 Å². The lowest BCUT2D eigenvalue weighted by Crippen LogP contribution is -2.00. The van der Waals surface area contributed by atoms with Crippen LogP contribution in [0.2, 0.25) is 0 Å². The maximum Gasteiger partial charge on any atom is 0.164 e. The van der Waals surface area contributed by atoms with Gasteiger partial charge in [-0.25, -0.2) is 15.0 Å². The number of nitrogens with zero attached hydrogens (tertiary/aromatic N) is 3. The Morgan fingerprint density at radius 3 is 1.39 bits per heavy atom. The van der Waals surface area contributed by atoms with Crippen molar-refractivity contribution in [2.75, 3.05) is 0 Å². The van der Waals surface area contributed by atoms with Crippen LogP contribution in [-0.4, -0.2) is 15.0 Å². The number of furan rings is 1. The van der Waals surface area contributed by atoms with Gasteiger partial charge < -0.3 is 4.42 Å². The van der Waals surface area contributed by atoms with E-state index in [1.165, 1.54) is 43.4 Å². The molecule has 0 aliphatic heterocycles. The van der Waals surface area contributed by atoms with Crippen molar-refractivity contribution in [3.8, 4) is 56.4 Å². The van der Waals surface area contributed by atoms with E-state index in [0.717, 1.165) is 60.5 Å². The van der Waals surface area contributed by atoms with Gasteiger partial charge in [0.2, 0.25) is 0 Å². The first-order valence-corrected chi connectivity index (χ1v) is 19.9. The minimum absolute atomic E-state index is 0.619. The summed E-state index contributed by atoms with van der Waals surface area (Å²) < 4.78 is 6.81. The predicted octanol–water partition coefficient (Wildman–Crippen LogP) is 14.7. The van der Waals surface area contributed by atoms with Crippen LogP contribution in [0.25, 0.3) is 121 Å². The Kier molecular flexibility index (Phi) is 7.50. The molecule has 4 heteroatoms. The Bertz CT molecular complexity index is 3520. The molecule has 0 bridgehead atoms. The summed E-state index contributed by atoms with van der Waals surface area (Å²) in [6.45, 7) is 0. The molecule has 0 saturated carbocycles. The van der Waals surface area contributed by atoms with Crippen LogP contribution in [0.4, 0.5) is 0 Å². The maximum atomic E-state index is 6.81. The molecule has 0 unspecified atom stereocenters. The number of rotatable bonds is 5. The molecular formula is C55H33N3O. The molecule has 12 rings (SSSR count). The van der Waals surface area contributed by atoms with Gasteiger partial charge in [0.05, 0.1) is 0 Å². The zero-order valence-corrected chi connectivity index (χ0v) is 31.8. The zero-order chi connectivity index (χ0) is 38.9. The molecule has 0 amide bonds. The van der Waals surface area contributed by atoms with Crippen LogP contribution in [0.15, 0.2) is 205 Å². The van der Waals surface area contributed by atoms with E-state index in [1.807, 2.05) is 60.7 Å². The number of benzene rings is 10. The maximum absolute atomic E-state index is 6.81. The molecule has 0 aliphatic rings. The lowest BCUT2D eigenvalue weighted by molar-refractivity contribution is 0.673. The summed E-state index contributed by atoms with van der Waals surface area (Å²) in [6, 6.07) is 70.5. The fourth-order valence-electron chi connectivity index (χ4n) is 8.97. The highest BCUT2D eigenvalue weighted by molar-refractivity contribution is 6.27. The van der Waals surface area contributed by atoms with E-state index in [1.54, 1.807) is 0 Å². The van der Waals surface area contributed by atoms with Crippen LogP contribution in [0.3, 0.4) is 0 Å². The molecule has 12 aromatic rings. The highest BCUT2D eigenvalue weighted by Crippen LogP contribution is 2.45. The summed E-state index contributed by atoms with van der Waals surface area (Å²) >= 11 is 0. The first kappa shape index (κ1) is 33.2. The Labute approximate surface area is 339 Å². The molecular weight excluding hydrogens is 719 g/mol. The van der Waals surface area contributed by atoms with Crippen molar-refractivity contribution in [3.63, 3.8) is 0 Å². The van der Waals surface area contributed by atoms with Gasteiger partial charge in [-0.05, 0) is 84.2 Å². The standard InChI is InChI=1S/C55H33N3O/c1-3-15-34(16-4-1)53-56-54(35-17-5-2-6-18-35)58-55(57-53)38-20-13-19-36(31-38)39-27-14-28-50-51(39)49-33-47(44-25-11-12-26-46(44)52(49)59-50)37-29-30-45-42-23-8-7-21-40(42)41-22-9-10-24-43(41)48(45)32-37/h1-33H. The van der Waals surface area contributed by atoms with Crippen LogP contribution in [0, 0.1) is 0 Å². The molecule has 59 heavy (non-hydrogen) atoms. The Morgan fingerprint density at radius 2 is 0.746 bits per heavy atom. The number of aromatic nitrogens is 3. The molecule has 10 aromatic carbocycles. The van der Waals surface area contributed by atoms with Crippen LogP contribution in [0.5, 0.6) is 0 Å². The Morgan fingerprint density at radius 1 is 0.271 bits per heavy atom. The van der Waals surface area contributed by atoms with E-state index in [4.69, 9.17) is 19.4 Å². The van der Waals surface area contributed by atoms with Crippen LogP contribution >= 0.6 is 0 Å². The van der Waals surface area contributed by atoms with Crippen LogP contribution in [-0.2, 0) is 0 Å². The van der Waals surface area contributed by atoms with Gasteiger partial charge in [0, 0.05) is 32.8 Å². The second kappa shape index (κ2) is 13.3. The van der Waals surface area contributed by atoms with Gasteiger partial charge in [-0.1, -0.05) is 176 Å². The fraction of sp³-hybridized carbons (Fsp3) is 0. The normalized spacial score (nSPS) is 11.7. The molecule has 2 aromatic heterocycles. The summed E-state index contributed by atoms with van der Waals surface area (Å²) in [7, 11) is 0. The molecule has 0 atom stereocenters. The van der Waals surface area contributed by atoms with E-state index in [0.29, 0.717) is 17.5 Å². The minimum atomic E-state index is 0.619. The van der Waals surface area contributed by atoms with Gasteiger partial charge in [0.1, 0.15) is 11.2 Å². The molecule has 0 aliphatic carbocycles. The average Bonchev–Trinajstić information content (AvgIpc) is 3.71. The van der Waals surface area contributed by atoms with Crippen LogP contribution < -0.4 is 0 Å². The van der Waals surface area contributed by atoms with Crippen LogP contribution in [0.1, 0.15) is 0 Å². The quantitative estimate of drug-likeness (QED) is 0.164. The monoisotopic (exact) mass is 751 g/mol. The van der Waals surface area contributed by atoms with E-state index in [-0.39, 0.29) is 0 Å². The molecule has 4 nitrogen and oxygen atoms in total. The predicted molar refractivity (Wildman–Crippen MR) is 244 cm³/mol. The SMILES string of the molecule is c1ccc(-c2nc(-c3ccccc3)nc(-c3cccc(-c4cccc5oc6c7ccccc7c(-c7ccc8c9ccccc9c9ccccc9c8c7)cc6c45)c3)n2)cc1. The summed E-state index contributed by atoms with van der Waals surface area (Å²) in [5, 5.41) is 12.0. The summed E-state index contributed by atoms with van der Waals surface area (Å²) in [6.07, 6.45) is 0. The van der Waals surface area contributed by atoms with Crippen molar-refractivity contribution >= 4 is 65.0 Å². The van der Waals surface area contributed by atoms with Gasteiger partial charge in [-0.15, -0.1) is 0 Å². The lowest BCUT2D eigenvalue weighted by atomic mass is 9.89. The first-order chi connectivity index (χ1) is 29.2. The fourth-order valence-corrected chi connectivity index (χ4v) is 8.97. The van der Waals surface area contributed by atoms with Crippen molar-refractivity contribution in [1.29, 1.82) is 0 Å². The molecule has 0 spiro atoms. The molecule has 274 valence electrons. The highest BCUT2D eigenvalue weighted by atomic mass is 16.3. The third kappa shape index (κ3) is 5.42. The minimum Gasteiger partial charge on any atom is -0.455 e. The van der Waals surface area contributed by atoms with Gasteiger partial charge in [0.25, 0.3) is 0 Å². The van der Waals surface area contributed by atoms with Gasteiger partial charge in [-0.3, -0.25) is 0 Å². The van der Waals surface area contributed by atoms with E-state index < -0.39 is 0 Å². The van der Waals surface area contributed by atoms with E-state index in [9.17, 15) is 0 Å². The Hall–Kier alpha value is -7.95. The lowest BCUT2D eigenvalue weighted by Gasteiger charge is -2.13. The molecule has 0 radical (unpaired) electrons. The van der Waals surface area contributed by atoms with Crippen molar-refractivity contribution in [1.82, 2.24) is 15.0 Å². The third-order valence-corrected chi connectivity index (χ3v) is 11.7. The second-order valence-electron chi connectivity index (χ2n) is 15.1. The first-order valence-electron chi connectivity index (χ1n) is 19.9. The van der Waals surface area contributed by atoms with Crippen molar-refractivity contribution in [2.24, 2.45) is 0 Å². The summed E-state index contributed by atoms with van der Waals surface area (Å²) in [4.78, 5) is 15.0. The number of hydrogen-bond acceptors (Lipinski definition) is 4. The van der Waals surface area contributed by atoms with Crippen molar-refractivity contribution in [3.05, 3.63) is 200 Å². The zero-order valence-electron chi connectivity index (χ0n) is 31.8. The number of hydrogen-bond donors (Lipinski definition) is 0. The number of fused-ring (bicyclic) bond motifs is 11. The smallest absolute Gasteiger partial charge is 0.164 e. The van der Waals surface area contributed by atoms with Gasteiger partial charge in [0.15, 0.2) is 17.5 Å². The molecule has 0 N–H and O–H groups in total. The molecule has 2 heterocycles. The van der Waals surface area contributed by atoms with E-state index in [2.05, 4.69) is 140 Å². The van der Waals surface area contributed by atoms with Crippen molar-refractivity contribution < 1.29 is 4.42 Å².